The van der Waals surface area contributed by atoms with Crippen molar-refractivity contribution in [2.45, 2.75) is 31.2 Å². The van der Waals surface area contributed by atoms with E-state index in [-0.39, 0.29) is 11.9 Å². The average molecular weight is 213 g/mol. The Kier molecular flexibility index (Phi) is 4.42. The van der Waals surface area contributed by atoms with Crippen LogP contribution in [-0.2, 0) is 0 Å². The van der Waals surface area contributed by atoms with Crippen LogP contribution in [0.25, 0.3) is 0 Å². The van der Waals surface area contributed by atoms with E-state index < -0.39 is 0 Å². The van der Waals surface area contributed by atoms with E-state index in [1.807, 2.05) is 13.0 Å². The van der Waals surface area contributed by atoms with Crippen molar-refractivity contribution in [3.05, 3.63) is 29.6 Å². The van der Waals surface area contributed by atoms with Crippen molar-refractivity contribution in [1.29, 1.82) is 0 Å². The Bertz CT molecular complexity index is 299. The lowest BCUT2D eigenvalue weighted by Crippen LogP contribution is -2.07. The van der Waals surface area contributed by atoms with E-state index in [2.05, 4.69) is 6.92 Å². The number of nitrogens with two attached hydrogens (primary N) is 1. The fraction of sp³-hybridized carbons (Fsp3) is 0.455. The number of rotatable bonds is 4. The summed E-state index contributed by atoms with van der Waals surface area (Å²) < 4.78 is 13.5. The quantitative estimate of drug-likeness (QED) is 0.776. The lowest BCUT2D eigenvalue weighted by molar-refractivity contribution is 0.591. The summed E-state index contributed by atoms with van der Waals surface area (Å²) in [6.45, 7) is 3.96. The number of hydrogen-bond donors (Lipinski definition) is 1. The fourth-order valence-electron chi connectivity index (χ4n) is 1.24. The summed E-state index contributed by atoms with van der Waals surface area (Å²) in [6, 6.07) is 4.99. The SMILES string of the molecule is CCCSc1c(F)cccc1C(C)N. The van der Waals surface area contributed by atoms with Gasteiger partial charge in [-0.25, -0.2) is 4.39 Å². The second-order valence-corrected chi connectivity index (χ2v) is 4.40. The van der Waals surface area contributed by atoms with Gasteiger partial charge in [0.25, 0.3) is 0 Å². The summed E-state index contributed by atoms with van der Waals surface area (Å²) in [5.74, 6) is 0.777. The van der Waals surface area contributed by atoms with E-state index in [0.29, 0.717) is 4.90 Å². The maximum Gasteiger partial charge on any atom is 0.137 e. The van der Waals surface area contributed by atoms with Gasteiger partial charge in [-0.1, -0.05) is 19.1 Å². The third-order valence-corrected chi connectivity index (χ3v) is 3.27. The lowest BCUT2D eigenvalue weighted by atomic mass is 10.1. The first-order valence-corrected chi connectivity index (χ1v) is 5.82. The van der Waals surface area contributed by atoms with Crippen LogP contribution in [0.15, 0.2) is 23.1 Å². The van der Waals surface area contributed by atoms with Crippen LogP contribution < -0.4 is 5.73 Å². The molecule has 1 rings (SSSR count). The molecule has 2 N–H and O–H groups in total. The van der Waals surface area contributed by atoms with Crippen molar-refractivity contribution in [2.24, 2.45) is 5.73 Å². The van der Waals surface area contributed by atoms with Crippen LogP contribution in [0.5, 0.6) is 0 Å². The summed E-state index contributed by atoms with van der Waals surface area (Å²) in [7, 11) is 0. The lowest BCUT2D eigenvalue weighted by Gasteiger charge is -2.12. The first-order valence-electron chi connectivity index (χ1n) is 4.83. The highest BCUT2D eigenvalue weighted by molar-refractivity contribution is 7.99. The third-order valence-electron chi connectivity index (χ3n) is 1.94. The van der Waals surface area contributed by atoms with E-state index >= 15 is 0 Å². The monoisotopic (exact) mass is 213 g/mol. The summed E-state index contributed by atoms with van der Waals surface area (Å²) in [5.41, 5.74) is 6.68. The van der Waals surface area contributed by atoms with Gasteiger partial charge in [0, 0.05) is 10.9 Å². The van der Waals surface area contributed by atoms with Crippen LogP contribution in [0, 0.1) is 5.82 Å². The third kappa shape index (κ3) is 2.72. The van der Waals surface area contributed by atoms with Gasteiger partial charge in [-0.2, -0.15) is 0 Å². The molecule has 0 heterocycles. The molecule has 0 radical (unpaired) electrons. The highest BCUT2D eigenvalue weighted by Crippen LogP contribution is 2.29. The normalized spacial score (nSPS) is 12.9. The number of thioether (sulfide) groups is 1. The van der Waals surface area contributed by atoms with E-state index in [9.17, 15) is 4.39 Å². The van der Waals surface area contributed by atoms with Crippen molar-refractivity contribution in [3.8, 4) is 0 Å². The molecule has 0 saturated carbocycles. The van der Waals surface area contributed by atoms with Gasteiger partial charge in [0.1, 0.15) is 5.82 Å². The van der Waals surface area contributed by atoms with Gasteiger partial charge in [-0.3, -0.25) is 0 Å². The van der Waals surface area contributed by atoms with Crippen molar-refractivity contribution >= 4 is 11.8 Å². The van der Waals surface area contributed by atoms with Crippen LogP contribution in [-0.4, -0.2) is 5.75 Å². The minimum absolute atomic E-state index is 0.106. The number of hydrogen-bond acceptors (Lipinski definition) is 2. The molecule has 1 unspecified atom stereocenters. The molecule has 14 heavy (non-hydrogen) atoms. The van der Waals surface area contributed by atoms with Crippen LogP contribution in [0.4, 0.5) is 4.39 Å². The Morgan fingerprint density at radius 1 is 1.50 bits per heavy atom. The molecule has 0 saturated heterocycles. The second-order valence-electron chi connectivity index (χ2n) is 3.30. The first-order chi connectivity index (χ1) is 6.66. The van der Waals surface area contributed by atoms with Crippen LogP contribution >= 0.6 is 11.8 Å². The van der Waals surface area contributed by atoms with Gasteiger partial charge >= 0.3 is 0 Å². The van der Waals surface area contributed by atoms with Crippen LogP contribution in [0.2, 0.25) is 0 Å². The highest BCUT2D eigenvalue weighted by Gasteiger charge is 2.11. The summed E-state index contributed by atoms with van der Waals surface area (Å²) in [5, 5.41) is 0. The Morgan fingerprint density at radius 2 is 2.21 bits per heavy atom. The molecular formula is C11H16FNS. The molecule has 78 valence electrons. The summed E-state index contributed by atoms with van der Waals surface area (Å²) >= 11 is 1.55. The van der Waals surface area contributed by atoms with E-state index in [4.69, 9.17) is 5.73 Å². The highest BCUT2D eigenvalue weighted by atomic mass is 32.2. The molecular weight excluding hydrogens is 197 g/mol. The molecule has 3 heteroatoms. The van der Waals surface area contributed by atoms with E-state index in [1.165, 1.54) is 6.07 Å². The molecule has 1 aromatic rings. The Hall–Kier alpha value is -0.540. The molecule has 1 atom stereocenters. The predicted molar refractivity (Wildman–Crippen MR) is 60.0 cm³/mol. The molecule has 0 spiro atoms. The maximum absolute atomic E-state index is 13.5. The molecule has 0 bridgehead atoms. The molecule has 0 aliphatic rings. The van der Waals surface area contributed by atoms with Crippen LogP contribution in [0.1, 0.15) is 31.9 Å². The molecule has 0 aliphatic heterocycles. The Morgan fingerprint density at radius 3 is 2.79 bits per heavy atom. The van der Waals surface area contributed by atoms with Crippen molar-refractivity contribution in [3.63, 3.8) is 0 Å². The summed E-state index contributed by atoms with van der Waals surface area (Å²) in [6.07, 6.45) is 1.04. The van der Waals surface area contributed by atoms with Gasteiger partial charge in [0.05, 0.1) is 0 Å². The predicted octanol–water partition coefficient (Wildman–Crippen LogP) is 3.35. The van der Waals surface area contributed by atoms with E-state index in [1.54, 1.807) is 17.8 Å². The topological polar surface area (TPSA) is 26.0 Å². The molecule has 0 aliphatic carbocycles. The second kappa shape index (κ2) is 5.37. The number of benzene rings is 1. The zero-order valence-electron chi connectivity index (χ0n) is 8.59. The van der Waals surface area contributed by atoms with Crippen LogP contribution in [0.3, 0.4) is 0 Å². The van der Waals surface area contributed by atoms with Crippen molar-refractivity contribution in [1.82, 2.24) is 0 Å². The van der Waals surface area contributed by atoms with Gasteiger partial charge in [-0.15, -0.1) is 11.8 Å². The fourth-order valence-corrected chi connectivity index (χ4v) is 2.28. The maximum atomic E-state index is 13.5. The van der Waals surface area contributed by atoms with Gasteiger partial charge in [-0.05, 0) is 30.7 Å². The molecule has 0 aromatic heterocycles. The van der Waals surface area contributed by atoms with Crippen molar-refractivity contribution in [2.75, 3.05) is 5.75 Å². The molecule has 0 amide bonds. The van der Waals surface area contributed by atoms with Crippen molar-refractivity contribution < 1.29 is 4.39 Å². The van der Waals surface area contributed by atoms with Gasteiger partial charge < -0.3 is 5.73 Å². The Balaban J connectivity index is 2.96. The first kappa shape index (κ1) is 11.5. The van der Waals surface area contributed by atoms with Gasteiger partial charge in [0.2, 0.25) is 0 Å². The smallest absolute Gasteiger partial charge is 0.137 e. The van der Waals surface area contributed by atoms with Gasteiger partial charge in [0.15, 0.2) is 0 Å². The molecule has 0 fully saturated rings. The zero-order chi connectivity index (χ0) is 10.6. The number of halogens is 1. The largest absolute Gasteiger partial charge is 0.324 e. The molecule has 1 aromatic carbocycles. The summed E-state index contributed by atoms with van der Waals surface area (Å²) in [4.78, 5) is 0.712. The minimum atomic E-state index is -0.154. The Labute approximate surface area is 88.9 Å². The zero-order valence-corrected chi connectivity index (χ0v) is 9.40. The minimum Gasteiger partial charge on any atom is -0.324 e. The standard InChI is InChI=1S/C11H16FNS/c1-3-7-14-11-9(8(2)13)5-4-6-10(11)12/h4-6,8H,3,7,13H2,1-2H3. The molecule has 1 nitrogen and oxygen atoms in total. The van der Waals surface area contributed by atoms with E-state index in [0.717, 1.165) is 17.7 Å². The average Bonchev–Trinajstić information content (AvgIpc) is 2.15.